The van der Waals surface area contributed by atoms with Gasteiger partial charge < -0.3 is 19.8 Å². The van der Waals surface area contributed by atoms with Gasteiger partial charge >= 0.3 is 5.97 Å². The summed E-state index contributed by atoms with van der Waals surface area (Å²) in [6.45, 7) is 2.39. The number of carboxylic acids is 1. The molecule has 3 aromatic rings. The summed E-state index contributed by atoms with van der Waals surface area (Å²) in [7, 11) is 1.62. The number of hydrogen-bond acceptors (Lipinski definition) is 8. The molecule has 1 unspecified atom stereocenters. The van der Waals surface area contributed by atoms with Crippen molar-refractivity contribution in [2.45, 2.75) is 36.1 Å². The lowest BCUT2D eigenvalue weighted by molar-refractivity contribution is -0.146. The zero-order chi connectivity index (χ0) is 23.9. The summed E-state index contributed by atoms with van der Waals surface area (Å²) >= 11 is 3.41. The van der Waals surface area contributed by atoms with Gasteiger partial charge in [-0.3, -0.25) is 9.78 Å². The first kappa shape index (κ1) is 24.9. The fourth-order valence-electron chi connectivity index (χ4n) is 4.72. The number of benzene rings is 1. The molecule has 0 amide bonds. The topological polar surface area (TPSA) is 95.8 Å². The second-order valence-electron chi connectivity index (χ2n) is 8.67. The first-order valence-corrected chi connectivity index (χ1v) is 13.5. The number of fused-ring (bicyclic) bond motifs is 1. The Morgan fingerprint density at radius 1 is 1.32 bits per heavy atom. The molecule has 0 spiro atoms. The Labute approximate surface area is 208 Å². The molecule has 3 heterocycles. The van der Waals surface area contributed by atoms with Gasteiger partial charge in [-0.05, 0) is 74.5 Å². The lowest BCUT2D eigenvalue weighted by atomic mass is 9.81. The number of aromatic nitrogens is 2. The molecule has 34 heavy (non-hydrogen) atoms. The average molecular weight is 502 g/mol. The smallest absolute Gasteiger partial charge is 0.308 e. The van der Waals surface area contributed by atoms with E-state index in [0.29, 0.717) is 19.4 Å². The van der Waals surface area contributed by atoms with Crippen molar-refractivity contribution in [3.63, 3.8) is 0 Å². The number of likely N-dealkylation sites (tertiary alicyclic amines) is 1. The van der Waals surface area contributed by atoms with Crippen molar-refractivity contribution in [2.24, 2.45) is 11.8 Å². The van der Waals surface area contributed by atoms with Crippen LogP contribution < -0.4 is 4.74 Å². The molecule has 0 radical (unpaired) electrons. The van der Waals surface area contributed by atoms with Crippen LogP contribution in [0, 0.1) is 11.8 Å². The summed E-state index contributed by atoms with van der Waals surface area (Å²) in [5.41, 5.74) is 1.62. The molecule has 1 saturated heterocycles. The second kappa shape index (κ2) is 12.0. The van der Waals surface area contributed by atoms with Crippen molar-refractivity contribution in [3.05, 3.63) is 47.6 Å². The minimum absolute atomic E-state index is 0.0655. The third kappa shape index (κ3) is 6.27. The van der Waals surface area contributed by atoms with Gasteiger partial charge in [0.1, 0.15) is 10.1 Å². The van der Waals surface area contributed by atoms with Crippen LogP contribution in [0.2, 0.25) is 0 Å². The molecule has 1 aliphatic heterocycles. The number of aliphatic hydroxyl groups is 1. The number of aliphatic carboxylic acids is 1. The van der Waals surface area contributed by atoms with Crippen molar-refractivity contribution in [1.29, 1.82) is 0 Å². The van der Waals surface area contributed by atoms with E-state index in [1.54, 1.807) is 36.4 Å². The number of piperidine rings is 1. The summed E-state index contributed by atoms with van der Waals surface area (Å²) in [4.78, 5) is 23.0. The van der Waals surface area contributed by atoms with E-state index in [-0.39, 0.29) is 5.92 Å². The van der Waals surface area contributed by atoms with E-state index < -0.39 is 18.0 Å². The minimum Gasteiger partial charge on any atom is -0.497 e. The molecule has 1 aliphatic rings. The van der Waals surface area contributed by atoms with Gasteiger partial charge in [0, 0.05) is 35.5 Å². The monoisotopic (exact) mass is 501 g/mol. The number of carboxylic acid groups (broad SMARTS) is 1. The van der Waals surface area contributed by atoms with Gasteiger partial charge in [-0.2, -0.15) is 0 Å². The number of aliphatic hydroxyl groups excluding tert-OH is 1. The van der Waals surface area contributed by atoms with Crippen LogP contribution in [0.4, 0.5) is 0 Å². The summed E-state index contributed by atoms with van der Waals surface area (Å²) in [6, 6.07) is 7.48. The highest BCUT2D eigenvalue weighted by molar-refractivity contribution is 8.00. The fraction of sp³-hybridized carbons (Fsp3) is 0.480. The molecule has 0 aliphatic carbocycles. The van der Waals surface area contributed by atoms with E-state index in [1.807, 2.05) is 35.8 Å². The van der Waals surface area contributed by atoms with Gasteiger partial charge in [-0.15, -0.1) is 11.3 Å². The standard InChI is InChI=1S/C25H31N3O4S2/c1-32-18-4-5-22-20(15-18)19(7-9-26-22)23(29)6-3-17-8-12-28(16-21(17)24(30)31)11-2-13-33-25-27-10-14-34-25/h4-5,7,9-10,14-15,17,21,23,29H,2-3,6,8,11-13,16H2,1H3,(H,30,31)/t17-,21+,23?/m1/s1. The van der Waals surface area contributed by atoms with Crippen molar-refractivity contribution in [1.82, 2.24) is 14.9 Å². The summed E-state index contributed by atoms with van der Waals surface area (Å²) in [5, 5.41) is 23.7. The molecule has 182 valence electrons. The lowest BCUT2D eigenvalue weighted by Gasteiger charge is -2.37. The maximum atomic E-state index is 12.0. The number of carbonyl (C=O) groups is 1. The summed E-state index contributed by atoms with van der Waals surface area (Å²) in [5.74, 6) is 0.637. The number of pyridine rings is 1. The maximum absolute atomic E-state index is 12.0. The van der Waals surface area contributed by atoms with E-state index >= 15 is 0 Å². The Hall–Kier alpha value is -2.20. The lowest BCUT2D eigenvalue weighted by Crippen LogP contribution is -2.44. The number of rotatable bonds is 11. The predicted molar refractivity (Wildman–Crippen MR) is 136 cm³/mol. The summed E-state index contributed by atoms with van der Waals surface area (Å²) < 4.78 is 6.42. The normalized spacial score (nSPS) is 19.8. The summed E-state index contributed by atoms with van der Waals surface area (Å²) in [6.07, 6.45) is 5.91. The molecular formula is C25H31N3O4S2. The molecule has 2 aromatic heterocycles. The number of nitrogens with zero attached hydrogens (tertiary/aromatic N) is 3. The van der Waals surface area contributed by atoms with E-state index in [0.717, 1.165) is 58.2 Å². The number of ether oxygens (including phenoxy) is 1. The Kier molecular flexibility index (Phi) is 8.77. The molecule has 9 heteroatoms. The van der Waals surface area contributed by atoms with Crippen LogP contribution in [0.3, 0.4) is 0 Å². The zero-order valence-electron chi connectivity index (χ0n) is 19.3. The highest BCUT2D eigenvalue weighted by Gasteiger charge is 2.34. The van der Waals surface area contributed by atoms with Crippen LogP contribution >= 0.6 is 23.1 Å². The number of thioether (sulfide) groups is 1. The van der Waals surface area contributed by atoms with Crippen LogP contribution in [0.1, 0.15) is 37.4 Å². The van der Waals surface area contributed by atoms with Gasteiger partial charge in [0.2, 0.25) is 0 Å². The molecule has 0 bridgehead atoms. The molecule has 4 rings (SSSR count). The average Bonchev–Trinajstić information content (AvgIpc) is 3.38. The van der Waals surface area contributed by atoms with Gasteiger partial charge in [-0.1, -0.05) is 11.8 Å². The predicted octanol–water partition coefficient (Wildman–Crippen LogP) is 4.72. The highest BCUT2D eigenvalue weighted by atomic mass is 32.2. The minimum atomic E-state index is -0.736. The third-order valence-electron chi connectivity index (χ3n) is 6.56. The van der Waals surface area contributed by atoms with E-state index in [9.17, 15) is 15.0 Å². The fourth-order valence-corrected chi connectivity index (χ4v) is 6.35. The van der Waals surface area contributed by atoms with Crippen LogP contribution in [0.5, 0.6) is 5.75 Å². The van der Waals surface area contributed by atoms with Crippen molar-refractivity contribution < 1.29 is 19.7 Å². The quantitative estimate of drug-likeness (QED) is 0.288. The molecule has 3 atom stereocenters. The van der Waals surface area contributed by atoms with Crippen LogP contribution in [-0.4, -0.2) is 63.5 Å². The Morgan fingerprint density at radius 2 is 2.21 bits per heavy atom. The number of thiazole rings is 1. The maximum Gasteiger partial charge on any atom is 0.308 e. The Morgan fingerprint density at radius 3 is 2.97 bits per heavy atom. The largest absolute Gasteiger partial charge is 0.497 e. The van der Waals surface area contributed by atoms with E-state index in [1.165, 1.54) is 0 Å². The van der Waals surface area contributed by atoms with Crippen LogP contribution in [0.25, 0.3) is 10.9 Å². The van der Waals surface area contributed by atoms with Gasteiger partial charge in [-0.25, -0.2) is 4.98 Å². The first-order chi connectivity index (χ1) is 16.5. The van der Waals surface area contributed by atoms with Crippen LogP contribution in [0.15, 0.2) is 46.4 Å². The van der Waals surface area contributed by atoms with Crippen molar-refractivity contribution in [2.75, 3.05) is 32.5 Å². The highest BCUT2D eigenvalue weighted by Crippen LogP contribution is 2.34. The molecule has 0 saturated carbocycles. The first-order valence-electron chi connectivity index (χ1n) is 11.6. The van der Waals surface area contributed by atoms with E-state index in [4.69, 9.17) is 4.74 Å². The molecular weight excluding hydrogens is 470 g/mol. The molecule has 7 nitrogen and oxygen atoms in total. The molecule has 2 N–H and O–H groups in total. The second-order valence-corrected chi connectivity index (χ2v) is 10.9. The van der Waals surface area contributed by atoms with E-state index in [2.05, 4.69) is 14.9 Å². The van der Waals surface area contributed by atoms with Crippen molar-refractivity contribution in [3.8, 4) is 5.75 Å². The van der Waals surface area contributed by atoms with Gasteiger partial charge in [0.25, 0.3) is 0 Å². The van der Waals surface area contributed by atoms with Crippen molar-refractivity contribution >= 4 is 40.0 Å². The third-order valence-corrected chi connectivity index (χ3v) is 8.62. The number of methoxy groups -OCH3 is 1. The molecule has 1 fully saturated rings. The van der Waals surface area contributed by atoms with Gasteiger partial charge in [0.05, 0.1) is 24.6 Å². The number of hydrogen-bond donors (Lipinski definition) is 2. The Balaban J connectivity index is 1.31. The SMILES string of the molecule is COc1ccc2nccc(C(O)CC[C@@H]3CCN(CCCSc4nccs4)C[C@@H]3C(=O)O)c2c1. The van der Waals surface area contributed by atoms with Crippen LogP contribution in [-0.2, 0) is 4.79 Å². The molecule has 1 aromatic carbocycles. The zero-order valence-corrected chi connectivity index (χ0v) is 20.9. The Bertz CT molecular complexity index is 1080. The van der Waals surface area contributed by atoms with Gasteiger partial charge in [0.15, 0.2) is 0 Å².